The Balaban J connectivity index is 0.00000208. The number of rotatable bonds is 3. The number of aromatic nitrogens is 1. The van der Waals surface area contributed by atoms with Gasteiger partial charge in [0.2, 0.25) is 0 Å². The molecule has 7 heteroatoms. The summed E-state index contributed by atoms with van der Waals surface area (Å²) in [5.41, 5.74) is 1.28. The molecule has 1 unspecified atom stereocenters. The van der Waals surface area contributed by atoms with E-state index in [1.54, 1.807) is 23.4 Å². The summed E-state index contributed by atoms with van der Waals surface area (Å²) in [5.74, 6) is -0.598. The highest BCUT2D eigenvalue weighted by Crippen LogP contribution is 2.25. The average molecular weight is 352 g/mol. The zero-order chi connectivity index (χ0) is 16.2. The number of hydrogen-bond donors (Lipinski definition) is 1. The maximum atomic E-state index is 13.9. The van der Waals surface area contributed by atoms with Crippen molar-refractivity contribution in [3.63, 3.8) is 0 Å². The summed E-state index contributed by atoms with van der Waals surface area (Å²) >= 11 is 0. The molecule has 128 valence electrons. The zero-order valence-corrected chi connectivity index (χ0v) is 14.1. The second kappa shape index (κ2) is 8.08. The molecule has 1 saturated heterocycles. The molecule has 2 aromatic rings. The van der Waals surface area contributed by atoms with E-state index in [9.17, 15) is 9.18 Å². The quantitative estimate of drug-likeness (QED) is 0.922. The Morgan fingerprint density at radius 2 is 2.25 bits per heavy atom. The lowest BCUT2D eigenvalue weighted by molar-refractivity contribution is 0.0633. The summed E-state index contributed by atoms with van der Waals surface area (Å²) in [6.07, 6.45) is 3.46. The molecule has 1 amide bonds. The highest BCUT2D eigenvalue weighted by molar-refractivity contribution is 5.94. The van der Waals surface area contributed by atoms with E-state index in [0.717, 1.165) is 5.56 Å². The van der Waals surface area contributed by atoms with Crippen molar-refractivity contribution in [2.45, 2.75) is 6.04 Å². The SMILES string of the molecule is COc1ccc(C(=O)N2CCNCC2c2cccnc2)cc1F.Cl. The molecule has 1 atom stereocenters. The second-order valence-electron chi connectivity index (χ2n) is 5.35. The van der Waals surface area contributed by atoms with Crippen molar-refractivity contribution in [3.8, 4) is 5.75 Å². The number of amides is 1. The number of hydrogen-bond acceptors (Lipinski definition) is 4. The van der Waals surface area contributed by atoms with Crippen LogP contribution in [0.25, 0.3) is 0 Å². The van der Waals surface area contributed by atoms with E-state index in [1.165, 1.54) is 19.2 Å². The molecule has 0 aliphatic carbocycles. The summed E-state index contributed by atoms with van der Waals surface area (Å²) in [4.78, 5) is 18.7. The molecule has 3 rings (SSSR count). The Morgan fingerprint density at radius 3 is 2.92 bits per heavy atom. The summed E-state index contributed by atoms with van der Waals surface area (Å²) in [6, 6.07) is 7.97. The Kier molecular flexibility index (Phi) is 6.11. The van der Waals surface area contributed by atoms with Crippen molar-refractivity contribution in [2.24, 2.45) is 0 Å². The number of carbonyl (C=O) groups is 1. The first-order chi connectivity index (χ1) is 11.2. The largest absolute Gasteiger partial charge is 0.494 e. The Morgan fingerprint density at radius 1 is 1.42 bits per heavy atom. The molecule has 5 nitrogen and oxygen atoms in total. The summed E-state index contributed by atoms with van der Waals surface area (Å²) < 4.78 is 18.8. The van der Waals surface area contributed by atoms with Crippen molar-refractivity contribution in [1.82, 2.24) is 15.2 Å². The first-order valence-corrected chi connectivity index (χ1v) is 7.46. The maximum absolute atomic E-state index is 13.9. The van der Waals surface area contributed by atoms with E-state index >= 15 is 0 Å². The topological polar surface area (TPSA) is 54.5 Å². The van der Waals surface area contributed by atoms with Crippen molar-refractivity contribution >= 4 is 18.3 Å². The molecular formula is C17H19ClFN3O2. The van der Waals surface area contributed by atoms with Gasteiger partial charge in [-0.3, -0.25) is 9.78 Å². The van der Waals surface area contributed by atoms with Crippen LogP contribution in [0.15, 0.2) is 42.7 Å². The lowest BCUT2D eigenvalue weighted by Gasteiger charge is -2.36. The van der Waals surface area contributed by atoms with Crippen molar-refractivity contribution in [1.29, 1.82) is 0 Å². The number of halogens is 2. The predicted molar refractivity (Wildman–Crippen MR) is 91.1 cm³/mol. The summed E-state index contributed by atoms with van der Waals surface area (Å²) in [7, 11) is 1.40. The lowest BCUT2D eigenvalue weighted by atomic mass is 10.0. The van der Waals surface area contributed by atoms with Crippen molar-refractivity contribution < 1.29 is 13.9 Å². The molecule has 0 radical (unpaired) electrons. The van der Waals surface area contributed by atoms with Gasteiger partial charge >= 0.3 is 0 Å². The monoisotopic (exact) mass is 351 g/mol. The van der Waals surface area contributed by atoms with Gasteiger partial charge in [0.25, 0.3) is 5.91 Å². The van der Waals surface area contributed by atoms with Gasteiger partial charge in [-0.2, -0.15) is 0 Å². The van der Waals surface area contributed by atoms with Gasteiger partial charge in [-0.15, -0.1) is 12.4 Å². The molecule has 24 heavy (non-hydrogen) atoms. The van der Waals surface area contributed by atoms with Gasteiger partial charge < -0.3 is 15.0 Å². The third-order valence-electron chi connectivity index (χ3n) is 3.97. The molecule has 0 bridgehead atoms. The second-order valence-corrected chi connectivity index (χ2v) is 5.35. The van der Waals surface area contributed by atoms with Gasteiger partial charge in [-0.25, -0.2) is 4.39 Å². The summed E-state index contributed by atoms with van der Waals surface area (Å²) in [6.45, 7) is 1.92. The average Bonchev–Trinajstić information content (AvgIpc) is 2.62. The van der Waals surface area contributed by atoms with E-state index in [-0.39, 0.29) is 30.1 Å². The fourth-order valence-electron chi connectivity index (χ4n) is 2.78. The normalized spacial score (nSPS) is 17.1. The molecule has 2 heterocycles. The number of benzene rings is 1. The van der Waals surface area contributed by atoms with Gasteiger partial charge in [-0.05, 0) is 29.8 Å². The number of pyridine rings is 1. The number of methoxy groups -OCH3 is 1. The Hall–Kier alpha value is -2.18. The van der Waals surface area contributed by atoms with Crippen LogP contribution in [0.4, 0.5) is 4.39 Å². The van der Waals surface area contributed by atoms with E-state index in [2.05, 4.69) is 10.3 Å². The fraction of sp³-hybridized carbons (Fsp3) is 0.294. The minimum absolute atomic E-state index is 0. The van der Waals surface area contributed by atoms with Crippen LogP contribution in [0.2, 0.25) is 0 Å². The van der Waals surface area contributed by atoms with Crippen LogP contribution in [0.1, 0.15) is 22.0 Å². The van der Waals surface area contributed by atoms with E-state index in [1.807, 2.05) is 12.1 Å². The minimum Gasteiger partial charge on any atom is -0.494 e. The van der Waals surface area contributed by atoms with Crippen molar-refractivity contribution in [2.75, 3.05) is 26.7 Å². The summed E-state index contributed by atoms with van der Waals surface area (Å²) in [5, 5.41) is 3.28. The zero-order valence-electron chi connectivity index (χ0n) is 13.2. The van der Waals surface area contributed by atoms with Crippen LogP contribution in [-0.4, -0.2) is 42.5 Å². The van der Waals surface area contributed by atoms with E-state index in [4.69, 9.17) is 4.74 Å². The van der Waals surface area contributed by atoms with E-state index in [0.29, 0.717) is 25.2 Å². The molecule has 0 spiro atoms. The van der Waals surface area contributed by atoms with Gasteiger partial charge in [0.15, 0.2) is 11.6 Å². The van der Waals surface area contributed by atoms with E-state index < -0.39 is 5.82 Å². The Labute approximate surface area is 146 Å². The number of ether oxygens (including phenoxy) is 1. The standard InChI is InChI=1S/C17H18FN3O2.ClH/c1-23-16-5-4-12(9-14(16)18)17(22)21-8-7-20-11-15(21)13-3-2-6-19-10-13;/h2-6,9-10,15,20H,7-8,11H2,1H3;1H. The third kappa shape index (κ3) is 3.66. The van der Waals surface area contributed by atoms with Crippen LogP contribution < -0.4 is 10.1 Å². The number of piperazine rings is 1. The predicted octanol–water partition coefficient (Wildman–Crippen LogP) is 2.44. The van der Waals surface area contributed by atoms with Crippen LogP contribution in [0.5, 0.6) is 5.75 Å². The van der Waals surface area contributed by atoms with Crippen LogP contribution in [-0.2, 0) is 0 Å². The molecule has 1 aliphatic heterocycles. The molecular weight excluding hydrogens is 333 g/mol. The van der Waals surface area contributed by atoms with Crippen LogP contribution in [0.3, 0.4) is 0 Å². The third-order valence-corrected chi connectivity index (χ3v) is 3.97. The number of nitrogens with one attached hydrogen (secondary N) is 1. The lowest BCUT2D eigenvalue weighted by Crippen LogP contribution is -2.48. The molecule has 1 aromatic carbocycles. The van der Waals surface area contributed by atoms with Gasteiger partial charge in [0, 0.05) is 37.6 Å². The highest BCUT2D eigenvalue weighted by atomic mass is 35.5. The number of nitrogens with zero attached hydrogens (tertiary/aromatic N) is 2. The van der Waals surface area contributed by atoms with Gasteiger partial charge in [0.05, 0.1) is 13.2 Å². The molecule has 0 saturated carbocycles. The molecule has 1 aromatic heterocycles. The smallest absolute Gasteiger partial charge is 0.254 e. The van der Waals surface area contributed by atoms with Crippen LogP contribution >= 0.6 is 12.4 Å². The first-order valence-electron chi connectivity index (χ1n) is 7.46. The fourth-order valence-corrected chi connectivity index (χ4v) is 2.78. The molecule has 1 aliphatic rings. The molecule has 1 N–H and O–H groups in total. The van der Waals surface area contributed by atoms with Gasteiger partial charge in [-0.1, -0.05) is 6.07 Å². The highest BCUT2D eigenvalue weighted by Gasteiger charge is 2.29. The molecule has 1 fully saturated rings. The first kappa shape index (κ1) is 18.2. The van der Waals surface area contributed by atoms with Crippen molar-refractivity contribution in [3.05, 3.63) is 59.7 Å². The minimum atomic E-state index is -0.536. The maximum Gasteiger partial charge on any atom is 0.254 e. The van der Waals surface area contributed by atoms with Gasteiger partial charge in [0.1, 0.15) is 0 Å². The number of carbonyl (C=O) groups excluding carboxylic acids is 1. The Bertz CT molecular complexity index is 699. The van der Waals surface area contributed by atoms with Crippen LogP contribution in [0, 0.1) is 5.82 Å².